The lowest BCUT2D eigenvalue weighted by Gasteiger charge is -2.28. The van der Waals surface area contributed by atoms with Crippen molar-refractivity contribution in [2.24, 2.45) is 0 Å². The van der Waals surface area contributed by atoms with Gasteiger partial charge in [-0.1, -0.05) is 164 Å². The van der Waals surface area contributed by atoms with Crippen molar-refractivity contribution in [2.75, 3.05) is 4.90 Å². The summed E-state index contributed by atoms with van der Waals surface area (Å²) < 4.78 is 8.96. The Balaban J connectivity index is 1.02. The molecule has 0 amide bonds. The van der Waals surface area contributed by atoms with Crippen LogP contribution in [0.3, 0.4) is 0 Å². The van der Waals surface area contributed by atoms with Gasteiger partial charge in [0.25, 0.3) is 0 Å². The van der Waals surface area contributed by atoms with Gasteiger partial charge in [0.05, 0.1) is 16.7 Å². The van der Waals surface area contributed by atoms with Crippen molar-refractivity contribution in [1.29, 1.82) is 0 Å². The van der Waals surface area contributed by atoms with E-state index in [1.165, 1.54) is 38.3 Å². The molecule has 61 heavy (non-hydrogen) atoms. The van der Waals surface area contributed by atoms with E-state index in [1.54, 1.807) is 0 Å². The smallest absolute Gasteiger partial charge is 0.143 e. The predicted octanol–water partition coefficient (Wildman–Crippen LogP) is 16.3. The molecular formula is C58H38N2O. The van der Waals surface area contributed by atoms with E-state index in [0.29, 0.717) is 0 Å². The third-order valence-electron chi connectivity index (χ3n) is 12.2. The van der Waals surface area contributed by atoms with Gasteiger partial charge in [0.2, 0.25) is 0 Å². The summed E-state index contributed by atoms with van der Waals surface area (Å²) in [7, 11) is 0. The van der Waals surface area contributed by atoms with E-state index in [-0.39, 0.29) is 0 Å². The minimum Gasteiger partial charge on any atom is -0.455 e. The van der Waals surface area contributed by atoms with Gasteiger partial charge in [0.1, 0.15) is 11.2 Å². The van der Waals surface area contributed by atoms with Crippen LogP contribution < -0.4 is 4.90 Å². The maximum Gasteiger partial charge on any atom is 0.143 e. The van der Waals surface area contributed by atoms with Crippen LogP contribution in [-0.4, -0.2) is 4.57 Å². The zero-order valence-corrected chi connectivity index (χ0v) is 33.2. The van der Waals surface area contributed by atoms with Gasteiger partial charge < -0.3 is 13.9 Å². The van der Waals surface area contributed by atoms with Crippen molar-refractivity contribution in [2.45, 2.75) is 0 Å². The molecule has 2 aromatic heterocycles. The van der Waals surface area contributed by atoms with Gasteiger partial charge in [-0.25, -0.2) is 0 Å². The molecule has 0 aliphatic rings. The van der Waals surface area contributed by atoms with Gasteiger partial charge in [0, 0.05) is 49.6 Å². The summed E-state index contributed by atoms with van der Waals surface area (Å²) in [5.41, 5.74) is 15.5. The standard InChI is InChI=1S/C58H38N2O/c1-3-14-39(15-4-1)40-26-32-45(33-27-40)59(46-34-28-42(29-35-46)48-22-13-25-56-57(48)52-37-30-41-16-7-8-20-49(41)58(52)61-56)53-23-11-9-19-47(53)43-31-36-51-50-21-10-12-24-54(50)60(55(51)38-43)44-17-5-2-6-18-44/h1-38H. The predicted molar refractivity (Wildman–Crippen MR) is 257 cm³/mol. The maximum absolute atomic E-state index is 6.57. The van der Waals surface area contributed by atoms with Gasteiger partial charge in [0.15, 0.2) is 0 Å². The average Bonchev–Trinajstić information content (AvgIpc) is 3.89. The van der Waals surface area contributed by atoms with Crippen molar-refractivity contribution in [3.05, 3.63) is 231 Å². The van der Waals surface area contributed by atoms with Crippen LogP contribution in [0.1, 0.15) is 0 Å². The zero-order valence-electron chi connectivity index (χ0n) is 33.2. The Morgan fingerprint density at radius 3 is 1.75 bits per heavy atom. The fraction of sp³-hybridized carbons (Fsp3) is 0. The van der Waals surface area contributed by atoms with E-state index in [9.17, 15) is 0 Å². The molecule has 0 N–H and O–H groups in total. The first kappa shape index (κ1) is 34.9. The van der Waals surface area contributed by atoms with Crippen molar-refractivity contribution in [1.82, 2.24) is 4.57 Å². The van der Waals surface area contributed by atoms with Crippen molar-refractivity contribution in [3.63, 3.8) is 0 Å². The molecule has 12 aromatic rings. The second kappa shape index (κ2) is 14.3. The van der Waals surface area contributed by atoms with Crippen molar-refractivity contribution < 1.29 is 4.42 Å². The maximum atomic E-state index is 6.57. The highest BCUT2D eigenvalue weighted by Gasteiger charge is 2.21. The first-order valence-electron chi connectivity index (χ1n) is 20.8. The fourth-order valence-electron chi connectivity index (χ4n) is 9.35. The third kappa shape index (κ3) is 5.82. The van der Waals surface area contributed by atoms with Crippen LogP contribution in [0, 0.1) is 0 Å². The number of para-hydroxylation sites is 3. The molecule has 0 spiro atoms. The van der Waals surface area contributed by atoms with Crippen LogP contribution in [0.15, 0.2) is 235 Å². The Bertz CT molecular complexity index is 3560. The normalized spacial score (nSPS) is 11.6. The average molecular weight is 779 g/mol. The fourth-order valence-corrected chi connectivity index (χ4v) is 9.35. The summed E-state index contributed by atoms with van der Waals surface area (Å²) in [5.74, 6) is 0. The van der Waals surface area contributed by atoms with Gasteiger partial charge in [-0.3, -0.25) is 0 Å². The molecule has 286 valence electrons. The van der Waals surface area contributed by atoms with Crippen LogP contribution in [0.4, 0.5) is 17.1 Å². The van der Waals surface area contributed by atoms with Crippen LogP contribution in [0.2, 0.25) is 0 Å². The third-order valence-corrected chi connectivity index (χ3v) is 12.2. The van der Waals surface area contributed by atoms with Gasteiger partial charge >= 0.3 is 0 Å². The Kier molecular flexibility index (Phi) is 8.17. The summed E-state index contributed by atoms with van der Waals surface area (Å²) in [6.07, 6.45) is 0. The number of aromatic nitrogens is 1. The number of furan rings is 1. The summed E-state index contributed by atoms with van der Waals surface area (Å²) in [6, 6.07) is 82.9. The monoisotopic (exact) mass is 778 g/mol. The number of nitrogens with zero attached hydrogens (tertiary/aromatic N) is 2. The minimum absolute atomic E-state index is 0.894. The molecule has 0 aliphatic heterocycles. The van der Waals surface area contributed by atoms with Crippen LogP contribution in [0.5, 0.6) is 0 Å². The Hall–Kier alpha value is -8.14. The largest absolute Gasteiger partial charge is 0.455 e. The Morgan fingerprint density at radius 2 is 0.951 bits per heavy atom. The van der Waals surface area contributed by atoms with Gasteiger partial charge in [-0.05, 0) is 99.9 Å². The molecule has 0 radical (unpaired) electrons. The first-order valence-corrected chi connectivity index (χ1v) is 20.8. The van der Waals surface area contributed by atoms with Crippen LogP contribution in [0.25, 0.3) is 93.6 Å². The topological polar surface area (TPSA) is 21.3 Å². The number of rotatable bonds is 7. The summed E-state index contributed by atoms with van der Waals surface area (Å²) in [4.78, 5) is 2.39. The molecule has 0 saturated heterocycles. The first-order chi connectivity index (χ1) is 30.3. The lowest BCUT2D eigenvalue weighted by Crippen LogP contribution is -2.11. The molecule has 12 rings (SSSR count). The second-order valence-electron chi connectivity index (χ2n) is 15.7. The lowest BCUT2D eigenvalue weighted by molar-refractivity contribution is 0.673. The van der Waals surface area contributed by atoms with Crippen molar-refractivity contribution >= 4 is 71.6 Å². The van der Waals surface area contributed by atoms with E-state index < -0.39 is 0 Å². The van der Waals surface area contributed by atoms with Crippen LogP contribution in [-0.2, 0) is 0 Å². The Morgan fingerprint density at radius 1 is 0.361 bits per heavy atom. The van der Waals surface area contributed by atoms with Crippen LogP contribution >= 0.6 is 0 Å². The highest BCUT2D eigenvalue weighted by Crippen LogP contribution is 2.45. The summed E-state index contributed by atoms with van der Waals surface area (Å²) in [5, 5.41) is 7.05. The molecule has 0 aliphatic carbocycles. The number of hydrogen-bond donors (Lipinski definition) is 0. The number of anilines is 3. The highest BCUT2D eigenvalue weighted by molar-refractivity contribution is 6.19. The molecule has 10 aromatic carbocycles. The second-order valence-corrected chi connectivity index (χ2v) is 15.7. The number of hydrogen-bond acceptors (Lipinski definition) is 2. The number of benzene rings is 10. The van der Waals surface area contributed by atoms with E-state index in [2.05, 4.69) is 240 Å². The molecule has 0 unspecified atom stereocenters. The van der Waals surface area contributed by atoms with Gasteiger partial charge in [-0.2, -0.15) is 0 Å². The summed E-state index contributed by atoms with van der Waals surface area (Å²) >= 11 is 0. The van der Waals surface area contributed by atoms with E-state index in [1.807, 2.05) is 0 Å². The molecular weight excluding hydrogens is 741 g/mol. The zero-order chi connectivity index (χ0) is 40.3. The molecule has 0 atom stereocenters. The van der Waals surface area contributed by atoms with E-state index in [4.69, 9.17) is 4.42 Å². The highest BCUT2D eigenvalue weighted by atomic mass is 16.3. The van der Waals surface area contributed by atoms with E-state index >= 15 is 0 Å². The number of fused-ring (bicyclic) bond motifs is 8. The summed E-state index contributed by atoms with van der Waals surface area (Å²) in [6.45, 7) is 0. The Labute approximate surface area is 353 Å². The minimum atomic E-state index is 0.894. The quantitative estimate of drug-likeness (QED) is 0.161. The molecule has 0 fully saturated rings. The molecule has 3 nitrogen and oxygen atoms in total. The van der Waals surface area contributed by atoms with E-state index in [0.717, 1.165) is 72.3 Å². The molecule has 3 heteroatoms. The SMILES string of the molecule is c1ccc(-c2ccc(N(c3ccc(-c4cccc5oc6c7ccccc7ccc6c45)cc3)c3ccccc3-c3ccc4c5ccccc5n(-c5ccccc5)c4c3)cc2)cc1. The lowest BCUT2D eigenvalue weighted by atomic mass is 9.97. The van der Waals surface area contributed by atoms with Gasteiger partial charge in [-0.15, -0.1) is 0 Å². The molecule has 2 heterocycles. The van der Waals surface area contributed by atoms with Crippen molar-refractivity contribution in [3.8, 4) is 39.1 Å². The molecule has 0 bridgehead atoms. The molecule has 0 saturated carbocycles.